The Kier molecular flexibility index (Phi) is 4.55. The molecule has 2 aliphatic rings. The molecular formula is C20H19FN2O3S. The number of para-hydroxylation sites is 1. The molecule has 2 aromatic rings. The zero-order chi connectivity index (χ0) is 19.0. The van der Waals surface area contributed by atoms with Crippen molar-refractivity contribution in [1.29, 1.82) is 0 Å². The lowest BCUT2D eigenvalue weighted by atomic mass is 10.00. The molecule has 0 bridgehead atoms. The first-order valence-corrected chi connectivity index (χ1v) is 10.2. The van der Waals surface area contributed by atoms with E-state index in [0.29, 0.717) is 25.9 Å². The van der Waals surface area contributed by atoms with Crippen molar-refractivity contribution >= 4 is 28.3 Å². The van der Waals surface area contributed by atoms with E-state index in [2.05, 4.69) is 0 Å². The minimum atomic E-state index is -1.34. The number of halogens is 1. The topological polar surface area (TPSA) is 57.7 Å². The van der Waals surface area contributed by atoms with Gasteiger partial charge in [-0.25, -0.2) is 4.39 Å². The van der Waals surface area contributed by atoms with E-state index in [1.165, 1.54) is 12.1 Å². The predicted molar refractivity (Wildman–Crippen MR) is 101 cm³/mol. The van der Waals surface area contributed by atoms with Gasteiger partial charge in [0.05, 0.1) is 16.4 Å². The van der Waals surface area contributed by atoms with Crippen molar-refractivity contribution in [3.05, 3.63) is 66.0 Å². The number of anilines is 1. The molecule has 2 amide bonds. The van der Waals surface area contributed by atoms with Gasteiger partial charge in [-0.1, -0.05) is 30.3 Å². The summed E-state index contributed by atoms with van der Waals surface area (Å²) in [6.45, 7) is 0.658. The minimum Gasteiger partial charge on any atom is -0.338 e. The molecule has 2 heterocycles. The SMILES string of the molecule is O=C(c1ccccc1F)N1CCC2(CC1)N(c1ccccc1)C(=O)CS2=O. The summed E-state index contributed by atoms with van der Waals surface area (Å²) in [6.07, 6.45) is 0.806. The van der Waals surface area contributed by atoms with E-state index in [4.69, 9.17) is 0 Å². The normalized spacial score (nSPS) is 21.7. The summed E-state index contributed by atoms with van der Waals surface area (Å²) in [4.78, 5) is 27.6. The lowest BCUT2D eigenvalue weighted by Crippen LogP contribution is -2.56. The first-order valence-electron chi connectivity index (χ1n) is 8.83. The van der Waals surface area contributed by atoms with Crippen LogP contribution in [0.5, 0.6) is 0 Å². The summed E-state index contributed by atoms with van der Waals surface area (Å²) in [5, 5.41) is 0. The van der Waals surface area contributed by atoms with E-state index >= 15 is 0 Å². The van der Waals surface area contributed by atoms with Crippen LogP contribution in [0.25, 0.3) is 0 Å². The molecule has 0 radical (unpaired) electrons. The Hall–Kier alpha value is -2.54. The minimum absolute atomic E-state index is 0.00382. The fraction of sp³-hybridized carbons (Fsp3) is 0.300. The molecule has 2 aromatic carbocycles. The molecule has 2 saturated heterocycles. The van der Waals surface area contributed by atoms with Crippen molar-refractivity contribution in [2.75, 3.05) is 23.7 Å². The number of hydrogen-bond acceptors (Lipinski definition) is 3. The van der Waals surface area contributed by atoms with E-state index in [1.807, 2.05) is 30.3 Å². The second-order valence-corrected chi connectivity index (χ2v) is 8.51. The third-order valence-corrected chi connectivity index (χ3v) is 7.23. The number of amides is 2. The second-order valence-electron chi connectivity index (χ2n) is 6.77. The van der Waals surface area contributed by atoms with E-state index in [-0.39, 0.29) is 23.1 Å². The lowest BCUT2D eigenvalue weighted by Gasteiger charge is -2.43. The van der Waals surface area contributed by atoms with Gasteiger partial charge < -0.3 is 4.90 Å². The summed E-state index contributed by atoms with van der Waals surface area (Å²) < 4.78 is 26.8. The van der Waals surface area contributed by atoms with Gasteiger partial charge in [0, 0.05) is 31.6 Å². The molecule has 5 nitrogen and oxygen atoms in total. The molecule has 27 heavy (non-hydrogen) atoms. The van der Waals surface area contributed by atoms with Gasteiger partial charge in [0.25, 0.3) is 5.91 Å². The van der Waals surface area contributed by atoms with Crippen molar-refractivity contribution in [3.63, 3.8) is 0 Å². The van der Waals surface area contributed by atoms with E-state index < -0.39 is 21.5 Å². The zero-order valence-electron chi connectivity index (χ0n) is 14.6. The van der Waals surface area contributed by atoms with E-state index in [9.17, 15) is 18.2 Å². The van der Waals surface area contributed by atoms with Crippen molar-refractivity contribution in [2.24, 2.45) is 0 Å². The Morgan fingerprint density at radius 1 is 1.00 bits per heavy atom. The predicted octanol–water partition coefficient (Wildman–Crippen LogP) is 2.55. The second kappa shape index (κ2) is 6.88. The lowest BCUT2D eigenvalue weighted by molar-refractivity contribution is -0.116. The average Bonchev–Trinajstić information content (AvgIpc) is 2.92. The highest BCUT2D eigenvalue weighted by Gasteiger charge is 2.53. The van der Waals surface area contributed by atoms with Crippen LogP contribution in [-0.2, 0) is 15.6 Å². The monoisotopic (exact) mass is 386 g/mol. The smallest absolute Gasteiger partial charge is 0.256 e. The van der Waals surface area contributed by atoms with Crippen LogP contribution in [0.4, 0.5) is 10.1 Å². The first kappa shape index (κ1) is 17.9. The molecule has 0 saturated carbocycles. The maximum atomic E-state index is 13.9. The van der Waals surface area contributed by atoms with Gasteiger partial charge >= 0.3 is 0 Å². The highest BCUT2D eigenvalue weighted by atomic mass is 32.2. The van der Waals surface area contributed by atoms with Crippen molar-refractivity contribution in [3.8, 4) is 0 Å². The molecule has 1 unspecified atom stereocenters. The Balaban J connectivity index is 1.58. The number of benzene rings is 2. The number of nitrogens with zero attached hydrogens (tertiary/aromatic N) is 2. The van der Waals surface area contributed by atoms with Gasteiger partial charge in [-0.05, 0) is 24.3 Å². The number of carbonyl (C=O) groups is 2. The molecule has 0 aromatic heterocycles. The Morgan fingerprint density at radius 2 is 1.63 bits per heavy atom. The van der Waals surface area contributed by atoms with Crippen molar-refractivity contribution in [1.82, 2.24) is 4.90 Å². The third-order valence-electron chi connectivity index (χ3n) is 5.29. The highest BCUT2D eigenvalue weighted by Crippen LogP contribution is 2.40. The number of rotatable bonds is 2. The van der Waals surface area contributed by atoms with Gasteiger partial charge in [-0.2, -0.15) is 0 Å². The van der Waals surface area contributed by atoms with Crippen LogP contribution in [0.15, 0.2) is 54.6 Å². The molecule has 0 N–H and O–H groups in total. The molecule has 7 heteroatoms. The van der Waals surface area contributed by atoms with Crippen LogP contribution in [0.1, 0.15) is 23.2 Å². The van der Waals surface area contributed by atoms with Crippen LogP contribution < -0.4 is 4.90 Å². The summed E-state index contributed by atoms with van der Waals surface area (Å²) >= 11 is 0. The number of likely N-dealkylation sites (tertiary alicyclic amines) is 1. The molecule has 2 aliphatic heterocycles. The van der Waals surface area contributed by atoms with Gasteiger partial charge in [0.15, 0.2) is 0 Å². The quantitative estimate of drug-likeness (QED) is 0.797. The number of carbonyl (C=O) groups excluding carboxylic acids is 2. The van der Waals surface area contributed by atoms with Gasteiger partial charge in [-0.3, -0.25) is 18.7 Å². The largest absolute Gasteiger partial charge is 0.338 e. The van der Waals surface area contributed by atoms with Gasteiger partial charge in [0.2, 0.25) is 5.91 Å². The van der Waals surface area contributed by atoms with Crippen LogP contribution in [-0.4, -0.2) is 44.6 Å². The maximum Gasteiger partial charge on any atom is 0.256 e. The number of hydrogen-bond donors (Lipinski definition) is 0. The average molecular weight is 386 g/mol. The Labute approximate surface area is 159 Å². The third kappa shape index (κ3) is 2.96. The molecule has 1 spiro atoms. The van der Waals surface area contributed by atoms with Gasteiger partial charge in [-0.15, -0.1) is 0 Å². The summed E-state index contributed by atoms with van der Waals surface area (Å²) in [7, 11) is -1.34. The summed E-state index contributed by atoms with van der Waals surface area (Å²) in [5.74, 6) is -1.08. The maximum absolute atomic E-state index is 13.9. The molecule has 4 rings (SSSR count). The van der Waals surface area contributed by atoms with Crippen molar-refractivity contribution < 1.29 is 18.2 Å². The summed E-state index contributed by atoms with van der Waals surface area (Å²) in [6, 6.07) is 15.1. The van der Waals surface area contributed by atoms with Gasteiger partial charge in [0.1, 0.15) is 16.4 Å². The molecular weight excluding hydrogens is 367 g/mol. The zero-order valence-corrected chi connectivity index (χ0v) is 15.5. The number of piperidine rings is 1. The van der Waals surface area contributed by atoms with Crippen LogP contribution in [0, 0.1) is 5.82 Å². The van der Waals surface area contributed by atoms with Crippen LogP contribution in [0.3, 0.4) is 0 Å². The van der Waals surface area contributed by atoms with E-state index in [1.54, 1.807) is 21.9 Å². The molecule has 140 valence electrons. The Morgan fingerprint density at radius 3 is 2.30 bits per heavy atom. The fourth-order valence-electron chi connectivity index (χ4n) is 3.91. The Bertz CT molecular complexity index is 910. The molecule has 1 atom stereocenters. The highest BCUT2D eigenvalue weighted by molar-refractivity contribution is 7.88. The molecule has 2 fully saturated rings. The van der Waals surface area contributed by atoms with Crippen LogP contribution in [0.2, 0.25) is 0 Å². The van der Waals surface area contributed by atoms with Crippen LogP contribution >= 0.6 is 0 Å². The molecule has 0 aliphatic carbocycles. The van der Waals surface area contributed by atoms with Crippen molar-refractivity contribution in [2.45, 2.75) is 17.7 Å². The first-order chi connectivity index (χ1) is 13.0. The van der Waals surface area contributed by atoms with E-state index in [0.717, 1.165) is 5.69 Å². The fourth-order valence-corrected chi connectivity index (χ4v) is 5.58. The standard InChI is InChI=1S/C20H19FN2O3S/c21-17-9-5-4-8-16(17)19(25)22-12-10-20(11-13-22)23(18(24)14-27(20)26)15-6-2-1-3-7-15/h1-9H,10-14H2. The summed E-state index contributed by atoms with van der Waals surface area (Å²) in [5.41, 5.74) is 0.763.